The molecular weight excluding hydrogens is 182 g/mol. The summed E-state index contributed by atoms with van der Waals surface area (Å²) in [5.74, 6) is 0. The standard InChI is InChI=1S/C14H12N/c1-11-5-6-12-7-9-15-8-3-2-4-14(15)13(12)10-11/h2-10H,1H3/q+1. The van der Waals surface area contributed by atoms with Crippen molar-refractivity contribution in [2.24, 2.45) is 0 Å². The first-order valence-electron chi connectivity index (χ1n) is 5.14. The molecule has 0 aliphatic rings. The van der Waals surface area contributed by atoms with Gasteiger partial charge in [-0.1, -0.05) is 17.7 Å². The van der Waals surface area contributed by atoms with E-state index in [4.69, 9.17) is 0 Å². The van der Waals surface area contributed by atoms with Crippen molar-refractivity contribution in [3.8, 4) is 0 Å². The Kier molecular flexibility index (Phi) is 1.72. The third-order valence-electron chi connectivity index (χ3n) is 2.79. The van der Waals surface area contributed by atoms with E-state index in [1.165, 1.54) is 21.9 Å². The van der Waals surface area contributed by atoms with Crippen LogP contribution in [0.1, 0.15) is 5.56 Å². The molecule has 0 aliphatic carbocycles. The Morgan fingerprint density at radius 1 is 0.933 bits per heavy atom. The number of nitrogens with zero attached hydrogens (tertiary/aromatic N) is 1. The molecule has 0 atom stereocenters. The van der Waals surface area contributed by atoms with Crippen LogP contribution in [-0.2, 0) is 0 Å². The first-order chi connectivity index (χ1) is 7.34. The Balaban J connectivity index is 2.57. The molecule has 72 valence electrons. The number of fused-ring (bicyclic) bond motifs is 3. The maximum atomic E-state index is 2.24. The predicted molar refractivity (Wildman–Crippen MR) is 61.8 cm³/mol. The van der Waals surface area contributed by atoms with E-state index >= 15 is 0 Å². The van der Waals surface area contributed by atoms with Gasteiger partial charge in [0.2, 0.25) is 5.52 Å². The van der Waals surface area contributed by atoms with E-state index < -0.39 is 0 Å². The van der Waals surface area contributed by atoms with E-state index in [9.17, 15) is 0 Å². The first kappa shape index (κ1) is 8.42. The van der Waals surface area contributed by atoms with Gasteiger partial charge in [0.15, 0.2) is 12.4 Å². The molecule has 0 saturated heterocycles. The highest BCUT2D eigenvalue weighted by atomic mass is 14.8. The SMILES string of the molecule is Cc1ccc2cc[n+]3ccccc3c2c1. The third kappa shape index (κ3) is 1.28. The molecule has 0 aliphatic heterocycles. The molecule has 3 aromatic rings. The molecule has 2 aromatic heterocycles. The van der Waals surface area contributed by atoms with Crippen molar-refractivity contribution in [1.29, 1.82) is 0 Å². The maximum Gasteiger partial charge on any atom is 0.218 e. The van der Waals surface area contributed by atoms with Gasteiger partial charge in [0.25, 0.3) is 0 Å². The highest BCUT2D eigenvalue weighted by Crippen LogP contribution is 2.17. The normalized spacial score (nSPS) is 11.0. The molecule has 1 nitrogen and oxygen atoms in total. The highest BCUT2D eigenvalue weighted by molar-refractivity contribution is 5.93. The zero-order chi connectivity index (χ0) is 10.3. The number of pyridine rings is 2. The van der Waals surface area contributed by atoms with Crippen molar-refractivity contribution in [2.45, 2.75) is 6.92 Å². The molecule has 0 spiro atoms. The minimum Gasteiger partial charge on any atom is -0.167 e. The van der Waals surface area contributed by atoms with Gasteiger partial charge in [-0.25, -0.2) is 0 Å². The lowest BCUT2D eigenvalue weighted by Gasteiger charge is -1.99. The van der Waals surface area contributed by atoms with Crippen LogP contribution in [0.15, 0.2) is 54.9 Å². The number of rotatable bonds is 0. The lowest BCUT2D eigenvalue weighted by atomic mass is 10.1. The van der Waals surface area contributed by atoms with Crippen LogP contribution in [0.3, 0.4) is 0 Å². The van der Waals surface area contributed by atoms with E-state index in [1.54, 1.807) is 0 Å². The molecule has 0 bridgehead atoms. The van der Waals surface area contributed by atoms with Crippen LogP contribution in [-0.4, -0.2) is 0 Å². The quantitative estimate of drug-likeness (QED) is 0.383. The summed E-state index contributed by atoms with van der Waals surface area (Å²) in [4.78, 5) is 0. The number of aromatic nitrogens is 1. The molecule has 1 heteroatoms. The number of benzene rings is 1. The van der Waals surface area contributed by atoms with Gasteiger partial charge in [-0.05, 0) is 24.4 Å². The van der Waals surface area contributed by atoms with E-state index in [2.05, 4.69) is 66.2 Å². The Hall–Kier alpha value is -1.89. The fourth-order valence-electron chi connectivity index (χ4n) is 2.01. The van der Waals surface area contributed by atoms with Gasteiger partial charge < -0.3 is 0 Å². The monoisotopic (exact) mass is 194 g/mol. The second-order valence-corrected chi connectivity index (χ2v) is 3.90. The second-order valence-electron chi connectivity index (χ2n) is 3.90. The van der Waals surface area contributed by atoms with Gasteiger partial charge in [0, 0.05) is 18.2 Å². The number of hydrogen-bond donors (Lipinski definition) is 0. The molecule has 0 N–H and O–H groups in total. The van der Waals surface area contributed by atoms with E-state index in [0.29, 0.717) is 0 Å². The van der Waals surface area contributed by atoms with E-state index in [1.807, 2.05) is 0 Å². The average molecular weight is 194 g/mol. The van der Waals surface area contributed by atoms with Crippen molar-refractivity contribution in [3.63, 3.8) is 0 Å². The summed E-state index contributed by atoms with van der Waals surface area (Å²) in [6, 6.07) is 15.0. The molecule has 1 aromatic carbocycles. The summed E-state index contributed by atoms with van der Waals surface area (Å²) in [6.45, 7) is 2.13. The minimum atomic E-state index is 1.26. The summed E-state index contributed by atoms with van der Waals surface area (Å²) in [5, 5.41) is 2.62. The van der Waals surface area contributed by atoms with E-state index in [0.717, 1.165) is 0 Å². The molecule has 0 unspecified atom stereocenters. The Morgan fingerprint density at radius 3 is 2.80 bits per heavy atom. The zero-order valence-corrected chi connectivity index (χ0v) is 8.64. The summed E-state index contributed by atoms with van der Waals surface area (Å²) >= 11 is 0. The van der Waals surface area contributed by atoms with Crippen molar-refractivity contribution < 1.29 is 4.40 Å². The van der Waals surface area contributed by atoms with Crippen LogP contribution in [0.2, 0.25) is 0 Å². The zero-order valence-electron chi connectivity index (χ0n) is 8.64. The fraction of sp³-hybridized carbons (Fsp3) is 0.0714. The minimum absolute atomic E-state index is 1.26. The molecule has 0 saturated carbocycles. The molecule has 3 rings (SSSR count). The molecule has 0 radical (unpaired) electrons. The summed E-state index contributed by atoms with van der Waals surface area (Å²) in [6.07, 6.45) is 4.18. The largest absolute Gasteiger partial charge is 0.218 e. The van der Waals surface area contributed by atoms with Crippen LogP contribution in [0, 0.1) is 6.92 Å². The van der Waals surface area contributed by atoms with Crippen LogP contribution < -0.4 is 4.40 Å². The van der Waals surface area contributed by atoms with Crippen LogP contribution >= 0.6 is 0 Å². The van der Waals surface area contributed by atoms with Gasteiger partial charge in [-0.15, -0.1) is 0 Å². The van der Waals surface area contributed by atoms with Crippen molar-refractivity contribution in [2.75, 3.05) is 0 Å². The van der Waals surface area contributed by atoms with Crippen LogP contribution in [0.5, 0.6) is 0 Å². The van der Waals surface area contributed by atoms with Gasteiger partial charge >= 0.3 is 0 Å². The van der Waals surface area contributed by atoms with Gasteiger partial charge in [0.05, 0.1) is 5.39 Å². The van der Waals surface area contributed by atoms with Crippen LogP contribution in [0.25, 0.3) is 16.3 Å². The summed E-state index contributed by atoms with van der Waals surface area (Å²) < 4.78 is 2.15. The Bertz CT molecular complexity index is 641. The predicted octanol–water partition coefficient (Wildman–Crippen LogP) is 2.89. The maximum absolute atomic E-state index is 2.24. The molecule has 15 heavy (non-hydrogen) atoms. The second kappa shape index (κ2) is 3.06. The number of aryl methyl sites for hydroxylation is 1. The Morgan fingerprint density at radius 2 is 1.87 bits per heavy atom. The van der Waals surface area contributed by atoms with Crippen LogP contribution in [0.4, 0.5) is 0 Å². The lowest BCUT2D eigenvalue weighted by molar-refractivity contribution is -0.510. The van der Waals surface area contributed by atoms with Crippen molar-refractivity contribution >= 4 is 16.3 Å². The van der Waals surface area contributed by atoms with Crippen molar-refractivity contribution in [1.82, 2.24) is 0 Å². The topological polar surface area (TPSA) is 4.10 Å². The van der Waals surface area contributed by atoms with Crippen molar-refractivity contribution in [3.05, 3.63) is 60.4 Å². The first-order valence-corrected chi connectivity index (χ1v) is 5.14. The fourth-order valence-corrected chi connectivity index (χ4v) is 2.01. The molecule has 0 amide bonds. The highest BCUT2D eigenvalue weighted by Gasteiger charge is 2.05. The third-order valence-corrected chi connectivity index (χ3v) is 2.79. The Labute approximate surface area is 88.6 Å². The molecular formula is C14H12N+. The molecule has 2 heterocycles. The summed E-state index contributed by atoms with van der Waals surface area (Å²) in [5.41, 5.74) is 2.57. The van der Waals surface area contributed by atoms with Gasteiger partial charge in [-0.3, -0.25) is 0 Å². The van der Waals surface area contributed by atoms with Gasteiger partial charge in [-0.2, -0.15) is 4.40 Å². The lowest BCUT2D eigenvalue weighted by Crippen LogP contribution is -2.19. The van der Waals surface area contributed by atoms with Gasteiger partial charge in [0.1, 0.15) is 0 Å². The van der Waals surface area contributed by atoms with E-state index in [-0.39, 0.29) is 0 Å². The smallest absolute Gasteiger partial charge is 0.167 e. The average Bonchev–Trinajstić information content (AvgIpc) is 2.29. The number of hydrogen-bond acceptors (Lipinski definition) is 0. The summed E-state index contributed by atoms with van der Waals surface area (Å²) in [7, 11) is 0. The molecule has 0 fully saturated rings.